The molecule has 1 aliphatic carbocycles. The summed E-state index contributed by atoms with van der Waals surface area (Å²) >= 11 is 1.41. The molecule has 100 valence electrons. The van der Waals surface area contributed by atoms with Crippen LogP contribution in [-0.4, -0.2) is 31.2 Å². The standard InChI is InChI=1S/C13H20N2O2S/c1-9-4-6-10(7-5-9)15(2)13-14-8-11(18-13)12(16)17-3/h8-10H,4-7H2,1-3H3. The molecule has 1 saturated carbocycles. The van der Waals surface area contributed by atoms with Gasteiger partial charge in [-0.1, -0.05) is 18.3 Å². The Bertz CT molecular complexity index is 411. The molecule has 0 N–H and O–H groups in total. The van der Waals surface area contributed by atoms with E-state index in [-0.39, 0.29) is 5.97 Å². The number of carbonyl (C=O) groups excluding carboxylic acids is 1. The first kappa shape index (κ1) is 13.3. The highest BCUT2D eigenvalue weighted by molar-refractivity contribution is 7.17. The summed E-state index contributed by atoms with van der Waals surface area (Å²) in [5.74, 6) is 0.543. The van der Waals surface area contributed by atoms with E-state index in [9.17, 15) is 4.79 Å². The van der Waals surface area contributed by atoms with Gasteiger partial charge in [-0.15, -0.1) is 0 Å². The number of thiazole rings is 1. The van der Waals surface area contributed by atoms with E-state index in [0.717, 1.165) is 11.0 Å². The van der Waals surface area contributed by atoms with Crippen molar-refractivity contribution in [3.63, 3.8) is 0 Å². The molecule has 0 atom stereocenters. The summed E-state index contributed by atoms with van der Waals surface area (Å²) in [6.07, 6.45) is 6.60. The highest BCUT2D eigenvalue weighted by Gasteiger charge is 2.24. The monoisotopic (exact) mass is 268 g/mol. The Hall–Kier alpha value is -1.10. The highest BCUT2D eigenvalue weighted by atomic mass is 32.1. The second-order valence-corrected chi connectivity index (χ2v) is 6.03. The maximum absolute atomic E-state index is 11.4. The Morgan fingerprint density at radius 1 is 1.44 bits per heavy atom. The van der Waals surface area contributed by atoms with Crippen LogP contribution in [0.25, 0.3) is 0 Å². The van der Waals surface area contributed by atoms with E-state index < -0.39 is 0 Å². The van der Waals surface area contributed by atoms with Gasteiger partial charge in [0.15, 0.2) is 5.13 Å². The van der Waals surface area contributed by atoms with Gasteiger partial charge in [0.05, 0.1) is 13.3 Å². The Kier molecular flexibility index (Phi) is 4.22. The molecule has 0 bridgehead atoms. The van der Waals surface area contributed by atoms with Crippen LogP contribution in [0.1, 0.15) is 42.3 Å². The molecular formula is C13H20N2O2S. The van der Waals surface area contributed by atoms with Crippen molar-refractivity contribution >= 4 is 22.4 Å². The molecule has 1 aromatic rings. The fourth-order valence-corrected chi connectivity index (χ4v) is 3.28. The molecule has 0 radical (unpaired) electrons. The first-order valence-electron chi connectivity index (χ1n) is 6.38. The van der Waals surface area contributed by atoms with Gasteiger partial charge >= 0.3 is 5.97 Å². The van der Waals surface area contributed by atoms with E-state index in [2.05, 4.69) is 23.9 Å². The molecule has 2 rings (SSSR count). The van der Waals surface area contributed by atoms with Crippen molar-refractivity contribution < 1.29 is 9.53 Å². The number of methoxy groups -OCH3 is 1. The van der Waals surface area contributed by atoms with Crippen molar-refractivity contribution in [1.82, 2.24) is 4.98 Å². The molecule has 0 aliphatic heterocycles. The van der Waals surface area contributed by atoms with E-state index in [1.54, 1.807) is 6.20 Å². The summed E-state index contributed by atoms with van der Waals surface area (Å²) in [5.41, 5.74) is 0. The van der Waals surface area contributed by atoms with Gasteiger partial charge in [0.25, 0.3) is 0 Å². The molecule has 0 unspecified atom stereocenters. The summed E-state index contributed by atoms with van der Waals surface area (Å²) in [5, 5.41) is 0.912. The topological polar surface area (TPSA) is 42.4 Å². The Balaban J connectivity index is 2.02. The minimum absolute atomic E-state index is 0.301. The molecule has 18 heavy (non-hydrogen) atoms. The number of aromatic nitrogens is 1. The first-order chi connectivity index (χ1) is 8.61. The lowest BCUT2D eigenvalue weighted by molar-refractivity contribution is 0.0606. The Labute approximate surface area is 112 Å². The Morgan fingerprint density at radius 3 is 2.72 bits per heavy atom. The van der Waals surface area contributed by atoms with Crippen LogP contribution in [0, 0.1) is 5.92 Å². The molecule has 4 nitrogen and oxygen atoms in total. The summed E-state index contributed by atoms with van der Waals surface area (Å²) in [4.78, 5) is 18.5. The largest absolute Gasteiger partial charge is 0.465 e. The van der Waals surface area contributed by atoms with E-state index in [0.29, 0.717) is 10.9 Å². The number of nitrogens with zero attached hydrogens (tertiary/aromatic N) is 2. The van der Waals surface area contributed by atoms with Crippen molar-refractivity contribution in [3.05, 3.63) is 11.1 Å². The van der Waals surface area contributed by atoms with Crippen molar-refractivity contribution in [2.24, 2.45) is 5.92 Å². The maximum atomic E-state index is 11.4. The fourth-order valence-electron chi connectivity index (χ4n) is 2.41. The molecule has 5 heteroatoms. The second-order valence-electron chi connectivity index (χ2n) is 5.02. The SMILES string of the molecule is COC(=O)c1cnc(N(C)C2CCC(C)CC2)s1. The van der Waals surface area contributed by atoms with Crippen LogP contribution in [0.3, 0.4) is 0 Å². The zero-order chi connectivity index (χ0) is 13.1. The van der Waals surface area contributed by atoms with Gasteiger partial charge in [0.2, 0.25) is 0 Å². The fraction of sp³-hybridized carbons (Fsp3) is 0.692. The van der Waals surface area contributed by atoms with E-state index in [1.807, 2.05) is 0 Å². The number of carbonyl (C=O) groups is 1. The number of rotatable bonds is 3. The van der Waals surface area contributed by atoms with Crippen LogP contribution < -0.4 is 4.90 Å². The lowest BCUT2D eigenvalue weighted by Crippen LogP contribution is -2.34. The number of anilines is 1. The van der Waals surface area contributed by atoms with Gasteiger partial charge in [-0.25, -0.2) is 9.78 Å². The first-order valence-corrected chi connectivity index (χ1v) is 7.20. The third kappa shape index (κ3) is 2.83. The molecule has 1 aliphatic rings. The minimum atomic E-state index is -0.301. The molecule has 1 heterocycles. The lowest BCUT2D eigenvalue weighted by atomic mass is 9.87. The molecule has 0 spiro atoms. The third-order valence-corrected chi connectivity index (χ3v) is 4.78. The summed E-state index contributed by atoms with van der Waals surface area (Å²) in [6.45, 7) is 2.31. The third-order valence-electron chi connectivity index (χ3n) is 3.71. The average molecular weight is 268 g/mol. The highest BCUT2D eigenvalue weighted by Crippen LogP contribution is 2.31. The zero-order valence-corrected chi connectivity index (χ0v) is 12.0. The van der Waals surface area contributed by atoms with Gasteiger partial charge in [0.1, 0.15) is 4.88 Å². The summed E-state index contributed by atoms with van der Waals surface area (Å²) in [7, 11) is 3.47. The van der Waals surface area contributed by atoms with Gasteiger partial charge in [-0.2, -0.15) is 0 Å². The summed E-state index contributed by atoms with van der Waals surface area (Å²) in [6, 6.07) is 0.554. The zero-order valence-electron chi connectivity index (χ0n) is 11.2. The minimum Gasteiger partial charge on any atom is -0.465 e. The van der Waals surface area contributed by atoms with E-state index in [4.69, 9.17) is 4.74 Å². The van der Waals surface area contributed by atoms with Gasteiger partial charge in [-0.05, 0) is 31.6 Å². The van der Waals surface area contributed by atoms with Crippen LogP contribution in [0.15, 0.2) is 6.20 Å². The van der Waals surface area contributed by atoms with Crippen molar-refractivity contribution in [2.75, 3.05) is 19.1 Å². The number of ether oxygens (including phenoxy) is 1. The normalized spacial score (nSPS) is 23.7. The maximum Gasteiger partial charge on any atom is 0.349 e. The van der Waals surface area contributed by atoms with Crippen LogP contribution in [0.2, 0.25) is 0 Å². The lowest BCUT2D eigenvalue weighted by Gasteiger charge is -2.33. The predicted octanol–water partition coefficient (Wildman–Crippen LogP) is 2.94. The van der Waals surface area contributed by atoms with Crippen LogP contribution in [0.4, 0.5) is 5.13 Å². The molecule has 0 amide bonds. The van der Waals surface area contributed by atoms with E-state index >= 15 is 0 Å². The molecule has 1 aromatic heterocycles. The Morgan fingerprint density at radius 2 is 2.11 bits per heavy atom. The van der Waals surface area contributed by atoms with Crippen molar-refractivity contribution in [3.8, 4) is 0 Å². The quantitative estimate of drug-likeness (QED) is 0.790. The van der Waals surface area contributed by atoms with Crippen molar-refractivity contribution in [2.45, 2.75) is 38.6 Å². The average Bonchev–Trinajstić information content (AvgIpc) is 2.87. The van der Waals surface area contributed by atoms with Crippen LogP contribution >= 0.6 is 11.3 Å². The number of hydrogen-bond donors (Lipinski definition) is 0. The molecule has 1 fully saturated rings. The molecule has 0 aromatic carbocycles. The van der Waals surface area contributed by atoms with E-state index in [1.165, 1.54) is 44.1 Å². The molecule has 0 saturated heterocycles. The predicted molar refractivity (Wildman–Crippen MR) is 73.3 cm³/mol. The van der Waals surface area contributed by atoms with Crippen LogP contribution in [0.5, 0.6) is 0 Å². The summed E-state index contributed by atoms with van der Waals surface area (Å²) < 4.78 is 4.70. The van der Waals surface area contributed by atoms with Crippen molar-refractivity contribution in [1.29, 1.82) is 0 Å². The number of hydrogen-bond acceptors (Lipinski definition) is 5. The van der Waals surface area contributed by atoms with Gasteiger partial charge in [-0.3, -0.25) is 0 Å². The van der Waals surface area contributed by atoms with Crippen LogP contribution in [-0.2, 0) is 4.74 Å². The molecular weight excluding hydrogens is 248 g/mol. The van der Waals surface area contributed by atoms with Gasteiger partial charge < -0.3 is 9.64 Å². The smallest absolute Gasteiger partial charge is 0.349 e. The van der Waals surface area contributed by atoms with Gasteiger partial charge in [0, 0.05) is 13.1 Å². The second kappa shape index (κ2) is 5.69. The number of esters is 1.